The quantitative estimate of drug-likeness (QED) is 0.737. The molecule has 23 heavy (non-hydrogen) atoms. The minimum Gasteiger partial charge on any atom is -0.466 e. The number of carbonyl (C=O) groups is 1. The largest absolute Gasteiger partial charge is 0.466 e. The van der Waals surface area contributed by atoms with Gasteiger partial charge in [0.25, 0.3) is 5.56 Å². The number of nitrogens with zero attached hydrogens (tertiary/aromatic N) is 1. The van der Waals surface area contributed by atoms with Crippen molar-refractivity contribution in [1.29, 1.82) is 0 Å². The molecule has 0 bridgehead atoms. The number of aromatic amines is 1. The Hall–Kier alpha value is -2.56. The van der Waals surface area contributed by atoms with Gasteiger partial charge in [-0.3, -0.25) is 9.59 Å². The first kappa shape index (κ1) is 15.3. The van der Waals surface area contributed by atoms with Gasteiger partial charge in [0.05, 0.1) is 24.1 Å². The molecule has 1 aromatic carbocycles. The van der Waals surface area contributed by atoms with Crippen molar-refractivity contribution in [2.45, 2.75) is 33.1 Å². The fraction of sp³-hybridized carbons (Fsp3) is 0.333. The zero-order chi connectivity index (χ0) is 16.4. The van der Waals surface area contributed by atoms with E-state index in [2.05, 4.69) is 18.0 Å². The van der Waals surface area contributed by atoms with Crippen molar-refractivity contribution in [2.75, 3.05) is 6.61 Å². The Labute approximate surface area is 133 Å². The summed E-state index contributed by atoms with van der Waals surface area (Å²) in [7, 11) is 0. The van der Waals surface area contributed by atoms with Crippen molar-refractivity contribution in [2.24, 2.45) is 0 Å². The van der Waals surface area contributed by atoms with Crippen LogP contribution >= 0.6 is 0 Å². The van der Waals surface area contributed by atoms with Gasteiger partial charge in [0.2, 0.25) is 0 Å². The SMILES string of the molecule is CCOC(=O)CCc1ccc2c(=O)[nH]c3cc(CC)ccc3n12. The number of nitrogens with one attached hydrogen (secondary N) is 1. The number of benzene rings is 1. The average molecular weight is 312 g/mol. The molecule has 0 fully saturated rings. The van der Waals surface area contributed by atoms with Crippen LogP contribution in [0.25, 0.3) is 16.6 Å². The monoisotopic (exact) mass is 312 g/mol. The fourth-order valence-corrected chi connectivity index (χ4v) is 2.88. The Morgan fingerprint density at radius 3 is 2.70 bits per heavy atom. The van der Waals surface area contributed by atoms with Crippen LogP contribution < -0.4 is 5.56 Å². The fourth-order valence-electron chi connectivity index (χ4n) is 2.88. The van der Waals surface area contributed by atoms with Gasteiger partial charge in [-0.25, -0.2) is 0 Å². The first-order valence-electron chi connectivity index (χ1n) is 7.95. The van der Waals surface area contributed by atoms with E-state index in [0.29, 0.717) is 25.0 Å². The molecule has 0 aliphatic heterocycles. The van der Waals surface area contributed by atoms with Gasteiger partial charge in [0.15, 0.2) is 0 Å². The second-order valence-electron chi connectivity index (χ2n) is 5.51. The molecule has 3 aromatic rings. The Bertz CT molecular complexity index is 921. The van der Waals surface area contributed by atoms with Crippen molar-refractivity contribution >= 4 is 22.5 Å². The van der Waals surface area contributed by atoms with Crippen LogP contribution in [-0.2, 0) is 22.4 Å². The van der Waals surface area contributed by atoms with Gasteiger partial charge in [0.1, 0.15) is 5.52 Å². The number of carbonyl (C=O) groups excluding carboxylic acids is 1. The Morgan fingerprint density at radius 1 is 1.17 bits per heavy atom. The summed E-state index contributed by atoms with van der Waals surface area (Å²) in [6.07, 6.45) is 1.76. The first-order valence-corrected chi connectivity index (χ1v) is 7.95. The molecule has 120 valence electrons. The number of H-pyrrole nitrogens is 1. The maximum Gasteiger partial charge on any atom is 0.306 e. The van der Waals surface area contributed by atoms with Gasteiger partial charge in [-0.05, 0) is 49.6 Å². The van der Waals surface area contributed by atoms with E-state index in [0.717, 1.165) is 23.1 Å². The van der Waals surface area contributed by atoms with E-state index in [4.69, 9.17) is 4.74 Å². The van der Waals surface area contributed by atoms with E-state index < -0.39 is 0 Å². The lowest BCUT2D eigenvalue weighted by molar-refractivity contribution is -0.143. The molecule has 2 aromatic heterocycles. The summed E-state index contributed by atoms with van der Waals surface area (Å²) >= 11 is 0. The Kier molecular flexibility index (Phi) is 4.19. The average Bonchev–Trinajstić information content (AvgIpc) is 2.97. The van der Waals surface area contributed by atoms with Crippen LogP contribution in [0.2, 0.25) is 0 Å². The van der Waals surface area contributed by atoms with Crippen molar-refractivity contribution in [3.8, 4) is 0 Å². The Morgan fingerprint density at radius 2 is 1.96 bits per heavy atom. The van der Waals surface area contributed by atoms with E-state index >= 15 is 0 Å². The van der Waals surface area contributed by atoms with Gasteiger partial charge in [-0.1, -0.05) is 13.0 Å². The highest BCUT2D eigenvalue weighted by atomic mass is 16.5. The minimum atomic E-state index is -0.218. The highest BCUT2D eigenvalue weighted by Crippen LogP contribution is 2.19. The van der Waals surface area contributed by atoms with Gasteiger partial charge in [-0.15, -0.1) is 0 Å². The molecule has 0 aliphatic carbocycles. The summed E-state index contributed by atoms with van der Waals surface area (Å²) in [5, 5.41) is 0. The molecule has 0 unspecified atom stereocenters. The number of esters is 1. The molecule has 0 saturated heterocycles. The number of rotatable bonds is 5. The maximum absolute atomic E-state index is 12.3. The number of hydrogen-bond acceptors (Lipinski definition) is 3. The number of aromatic nitrogens is 2. The molecule has 0 atom stereocenters. The van der Waals surface area contributed by atoms with E-state index in [1.54, 1.807) is 13.0 Å². The lowest BCUT2D eigenvalue weighted by atomic mass is 10.1. The molecule has 5 heteroatoms. The Balaban J connectivity index is 2.09. The van der Waals surface area contributed by atoms with Crippen LogP contribution in [0.5, 0.6) is 0 Å². The number of fused-ring (bicyclic) bond motifs is 3. The summed E-state index contributed by atoms with van der Waals surface area (Å²) < 4.78 is 6.91. The number of hydrogen-bond donors (Lipinski definition) is 1. The van der Waals surface area contributed by atoms with E-state index in [1.165, 1.54) is 5.56 Å². The third-order valence-electron chi connectivity index (χ3n) is 4.04. The molecule has 5 nitrogen and oxygen atoms in total. The summed E-state index contributed by atoms with van der Waals surface area (Å²) in [6.45, 7) is 4.26. The first-order chi connectivity index (χ1) is 11.1. The lowest BCUT2D eigenvalue weighted by Gasteiger charge is -2.08. The van der Waals surface area contributed by atoms with Crippen LogP contribution in [0.1, 0.15) is 31.5 Å². The predicted octanol–water partition coefficient (Wildman–Crippen LogP) is 2.84. The second-order valence-corrected chi connectivity index (χ2v) is 5.51. The van der Waals surface area contributed by atoms with Gasteiger partial charge < -0.3 is 14.1 Å². The molecule has 3 rings (SSSR count). The van der Waals surface area contributed by atoms with E-state index in [1.807, 2.05) is 22.6 Å². The maximum atomic E-state index is 12.3. The van der Waals surface area contributed by atoms with Crippen LogP contribution in [0, 0.1) is 0 Å². The molecular formula is C18H20N2O3. The van der Waals surface area contributed by atoms with Crippen LogP contribution in [0.3, 0.4) is 0 Å². The minimum absolute atomic E-state index is 0.117. The third-order valence-corrected chi connectivity index (χ3v) is 4.04. The van der Waals surface area contributed by atoms with E-state index in [-0.39, 0.29) is 11.5 Å². The summed E-state index contributed by atoms with van der Waals surface area (Å²) in [4.78, 5) is 26.8. The predicted molar refractivity (Wildman–Crippen MR) is 89.9 cm³/mol. The second kappa shape index (κ2) is 6.28. The van der Waals surface area contributed by atoms with Crippen LogP contribution in [0.4, 0.5) is 0 Å². The van der Waals surface area contributed by atoms with E-state index in [9.17, 15) is 9.59 Å². The van der Waals surface area contributed by atoms with Crippen molar-refractivity contribution in [3.05, 3.63) is 51.9 Å². The molecule has 0 amide bonds. The van der Waals surface area contributed by atoms with Crippen LogP contribution in [-0.4, -0.2) is 22.0 Å². The number of ether oxygens (including phenoxy) is 1. The third kappa shape index (κ3) is 2.86. The molecule has 0 spiro atoms. The zero-order valence-corrected chi connectivity index (χ0v) is 13.4. The molecule has 0 saturated carbocycles. The summed E-state index contributed by atoms with van der Waals surface area (Å²) in [5.41, 5.74) is 4.35. The topological polar surface area (TPSA) is 63.6 Å². The zero-order valence-electron chi connectivity index (χ0n) is 13.4. The van der Waals surface area contributed by atoms with Gasteiger partial charge in [0, 0.05) is 5.69 Å². The number of aryl methyl sites for hydroxylation is 2. The summed E-state index contributed by atoms with van der Waals surface area (Å²) in [6, 6.07) is 9.79. The standard InChI is InChI=1S/C18H20N2O3/c1-3-12-5-8-15-14(11-12)19-18(22)16-9-6-13(20(15)16)7-10-17(21)23-4-2/h5-6,8-9,11H,3-4,7,10H2,1-2H3,(H,19,22). The lowest BCUT2D eigenvalue weighted by Crippen LogP contribution is -2.12. The molecule has 0 aliphatic rings. The molecular weight excluding hydrogens is 292 g/mol. The molecule has 0 radical (unpaired) electrons. The highest BCUT2D eigenvalue weighted by molar-refractivity contribution is 5.79. The van der Waals surface area contributed by atoms with Crippen molar-refractivity contribution < 1.29 is 9.53 Å². The molecule has 2 heterocycles. The smallest absolute Gasteiger partial charge is 0.306 e. The molecule has 1 N–H and O–H groups in total. The normalized spacial score (nSPS) is 11.2. The van der Waals surface area contributed by atoms with Gasteiger partial charge in [-0.2, -0.15) is 0 Å². The summed E-state index contributed by atoms with van der Waals surface area (Å²) in [5.74, 6) is -0.218. The van der Waals surface area contributed by atoms with Crippen molar-refractivity contribution in [3.63, 3.8) is 0 Å². The van der Waals surface area contributed by atoms with Crippen LogP contribution in [0.15, 0.2) is 35.1 Å². The highest BCUT2D eigenvalue weighted by Gasteiger charge is 2.11. The van der Waals surface area contributed by atoms with Gasteiger partial charge >= 0.3 is 5.97 Å². The van der Waals surface area contributed by atoms with Crippen molar-refractivity contribution in [1.82, 2.24) is 9.38 Å².